The fraction of sp³-hybridized carbons (Fsp3) is 0.667. The van der Waals surface area contributed by atoms with E-state index in [4.69, 9.17) is 5.73 Å². The average Bonchev–Trinajstić information content (AvgIpc) is 3.08. The third kappa shape index (κ3) is 2.20. The van der Waals surface area contributed by atoms with E-state index in [1.54, 1.807) is 6.33 Å². The molecule has 118 valence electrons. The zero-order valence-electron chi connectivity index (χ0n) is 12.7. The summed E-state index contributed by atoms with van der Waals surface area (Å²) in [5.41, 5.74) is 7.69. The second-order valence-electron chi connectivity index (χ2n) is 6.93. The van der Waals surface area contributed by atoms with Crippen molar-refractivity contribution in [1.82, 2.24) is 19.6 Å². The number of halogens is 1. The summed E-state index contributed by atoms with van der Waals surface area (Å²) in [6.07, 6.45) is 8.43. The van der Waals surface area contributed by atoms with Gasteiger partial charge in [-0.3, -0.25) is 4.40 Å². The van der Waals surface area contributed by atoms with Gasteiger partial charge in [0.2, 0.25) is 5.95 Å². The fourth-order valence-electron chi connectivity index (χ4n) is 4.35. The number of anilines is 1. The van der Waals surface area contributed by atoms with E-state index in [0.29, 0.717) is 11.5 Å². The number of piperidine rings is 1. The smallest absolute Gasteiger partial charge is 0.212 e. The first-order valence-corrected chi connectivity index (χ1v) is 9.02. The lowest BCUT2D eigenvalue weighted by molar-refractivity contribution is 0.192. The quantitative estimate of drug-likeness (QED) is 0.727. The van der Waals surface area contributed by atoms with Crippen LogP contribution in [0.15, 0.2) is 12.5 Å². The molecule has 0 bridgehead atoms. The van der Waals surface area contributed by atoms with E-state index in [0.717, 1.165) is 47.0 Å². The number of nitrogens with zero attached hydrogens (tertiary/aromatic N) is 5. The van der Waals surface area contributed by atoms with Gasteiger partial charge in [0, 0.05) is 25.3 Å². The third-order valence-corrected chi connectivity index (χ3v) is 6.27. The Bertz CT molecular complexity index is 690. The van der Waals surface area contributed by atoms with Crippen molar-refractivity contribution in [3.63, 3.8) is 0 Å². The SMILES string of the molecule is CC1C[C@@H](N)C2(CCN(c3ncc(I)c4nncn34)CC2)C1. The van der Waals surface area contributed by atoms with Crippen LogP contribution in [0.25, 0.3) is 5.65 Å². The number of hydrogen-bond donors (Lipinski definition) is 1. The molecule has 2 aliphatic rings. The molecule has 0 aromatic carbocycles. The molecule has 4 rings (SSSR count). The lowest BCUT2D eigenvalue weighted by atomic mass is 9.74. The van der Waals surface area contributed by atoms with E-state index >= 15 is 0 Å². The van der Waals surface area contributed by atoms with Crippen molar-refractivity contribution in [3.05, 3.63) is 16.1 Å². The minimum absolute atomic E-state index is 0.353. The standard InChI is InChI=1S/C15H21IN6/c1-10-6-12(17)15(7-10)2-4-21(5-3-15)14-18-8-11(16)13-20-19-9-22(13)14/h8-10,12H,2-7,17H2,1H3/t10?,12-/m1/s1. The predicted octanol–water partition coefficient (Wildman–Crippen LogP) is 2.07. The van der Waals surface area contributed by atoms with Gasteiger partial charge in [0.1, 0.15) is 6.33 Å². The van der Waals surface area contributed by atoms with Gasteiger partial charge >= 0.3 is 0 Å². The molecular weight excluding hydrogens is 391 g/mol. The molecule has 22 heavy (non-hydrogen) atoms. The van der Waals surface area contributed by atoms with Crippen molar-refractivity contribution >= 4 is 34.2 Å². The van der Waals surface area contributed by atoms with Crippen molar-refractivity contribution in [1.29, 1.82) is 0 Å². The Morgan fingerprint density at radius 3 is 2.82 bits per heavy atom. The third-order valence-electron chi connectivity index (χ3n) is 5.51. The van der Waals surface area contributed by atoms with Gasteiger partial charge in [0.15, 0.2) is 5.65 Å². The molecule has 6 nitrogen and oxygen atoms in total. The zero-order valence-corrected chi connectivity index (χ0v) is 14.9. The first-order valence-electron chi connectivity index (χ1n) is 7.94. The highest BCUT2D eigenvalue weighted by molar-refractivity contribution is 14.1. The van der Waals surface area contributed by atoms with Crippen LogP contribution < -0.4 is 10.6 Å². The molecule has 1 saturated carbocycles. The summed E-state index contributed by atoms with van der Waals surface area (Å²) < 4.78 is 3.02. The van der Waals surface area contributed by atoms with Gasteiger partial charge in [-0.15, -0.1) is 10.2 Å². The maximum Gasteiger partial charge on any atom is 0.212 e. The van der Waals surface area contributed by atoms with Crippen molar-refractivity contribution in [2.75, 3.05) is 18.0 Å². The summed E-state index contributed by atoms with van der Waals surface area (Å²) in [5.74, 6) is 1.72. The summed E-state index contributed by atoms with van der Waals surface area (Å²) in [6.45, 7) is 4.37. The highest BCUT2D eigenvalue weighted by Crippen LogP contribution is 2.48. The van der Waals surface area contributed by atoms with Crippen LogP contribution in [0.1, 0.15) is 32.6 Å². The molecule has 1 saturated heterocycles. The molecule has 1 spiro atoms. The average molecular weight is 412 g/mol. The summed E-state index contributed by atoms with van der Waals surface area (Å²) in [6, 6.07) is 0.365. The molecule has 0 amide bonds. The maximum atomic E-state index is 6.45. The zero-order chi connectivity index (χ0) is 15.3. The van der Waals surface area contributed by atoms with Crippen molar-refractivity contribution in [2.24, 2.45) is 17.1 Å². The molecule has 2 fully saturated rings. The summed E-state index contributed by atoms with van der Waals surface area (Å²) in [5, 5.41) is 8.22. The van der Waals surface area contributed by atoms with Crippen LogP contribution in [0.5, 0.6) is 0 Å². The van der Waals surface area contributed by atoms with Crippen LogP contribution in [-0.4, -0.2) is 38.7 Å². The molecule has 2 atom stereocenters. The highest BCUT2D eigenvalue weighted by atomic mass is 127. The second-order valence-corrected chi connectivity index (χ2v) is 8.09. The van der Waals surface area contributed by atoms with Gasteiger partial charge in [-0.05, 0) is 59.6 Å². The largest absolute Gasteiger partial charge is 0.342 e. The van der Waals surface area contributed by atoms with Crippen LogP contribution in [0.4, 0.5) is 5.95 Å². The first kappa shape index (κ1) is 14.6. The molecule has 2 aromatic heterocycles. The van der Waals surface area contributed by atoms with Crippen LogP contribution in [0.2, 0.25) is 0 Å². The van der Waals surface area contributed by atoms with E-state index in [2.05, 4.69) is 49.6 Å². The van der Waals surface area contributed by atoms with E-state index in [1.165, 1.54) is 12.8 Å². The van der Waals surface area contributed by atoms with Gasteiger partial charge in [-0.2, -0.15) is 0 Å². The lowest BCUT2D eigenvalue weighted by Crippen LogP contribution is -2.47. The van der Waals surface area contributed by atoms with E-state index in [9.17, 15) is 0 Å². The van der Waals surface area contributed by atoms with Gasteiger partial charge in [0.05, 0.1) is 3.57 Å². The number of aromatic nitrogens is 4. The Morgan fingerprint density at radius 2 is 2.14 bits per heavy atom. The molecule has 3 heterocycles. The topological polar surface area (TPSA) is 72.3 Å². The van der Waals surface area contributed by atoms with E-state index < -0.39 is 0 Å². The van der Waals surface area contributed by atoms with Gasteiger partial charge < -0.3 is 10.6 Å². The highest BCUT2D eigenvalue weighted by Gasteiger charge is 2.45. The number of hydrogen-bond acceptors (Lipinski definition) is 5. The minimum Gasteiger partial charge on any atom is -0.342 e. The normalized spacial score (nSPS) is 27.9. The molecule has 1 aliphatic carbocycles. The Kier molecular flexibility index (Phi) is 3.52. The minimum atomic E-state index is 0.353. The molecule has 0 radical (unpaired) electrons. The van der Waals surface area contributed by atoms with Gasteiger partial charge in [-0.25, -0.2) is 4.98 Å². The monoisotopic (exact) mass is 412 g/mol. The molecule has 2 aromatic rings. The predicted molar refractivity (Wildman–Crippen MR) is 93.8 cm³/mol. The van der Waals surface area contributed by atoms with Crippen molar-refractivity contribution < 1.29 is 0 Å². The number of nitrogens with two attached hydrogens (primary N) is 1. The van der Waals surface area contributed by atoms with Gasteiger partial charge in [-0.1, -0.05) is 6.92 Å². The Hall–Kier alpha value is -0.960. The van der Waals surface area contributed by atoms with Crippen LogP contribution in [0, 0.1) is 14.9 Å². The number of rotatable bonds is 1. The Morgan fingerprint density at radius 1 is 1.36 bits per heavy atom. The maximum absolute atomic E-state index is 6.45. The molecular formula is C15H21IN6. The molecule has 2 N–H and O–H groups in total. The molecule has 7 heteroatoms. The second kappa shape index (κ2) is 5.30. The lowest BCUT2D eigenvalue weighted by Gasteiger charge is -2.42. The summed E-state index contributed by atoms with van der Waals surface area (Å²) >= 11 is 2.25. The van der Waals surface area contributed by atoms with Crippen molar-refractivity contribution in [2.45, 2.75) is 38.6 Å². The Balaban J connectivity index is 1.59. The van der Waals surface area contributed by atoms with Crippen LogP contribution >= 0.6 is 22.6 Å². The molecule has 1 aliphatic heterocycles. The summed E-state index contributed by atoms with van der Waals surface area (Å²) in [4.78, 5) is 6.98. The number of fused-ring (bicyclic) bond motifs is 1. The van der Waals surface area contributed by atoms with Crippen LogP contribution in [0.3, 0.4) is 0 Å². The van der Waals surface area contributed by atoms with E-state index in [1.807, 2.05) is 10.6 Å². The van der Waals surface area contributed by atoms with Gasteiger partial charge in [0.25, 0.3) is 0 Å². The fourth-order valence-corrected chi connectivity index (χ4v) is 4.86. The van der Waals surface area contributed by atoms with Crippen LogP contribution in [-0.2, 0) is 0 Å². The molecule has 1 unspecified atom stereocenters. The first-order chi connectivity index (χ1) is 10.6. The Labute approximate surface area is 143 Å². The van der Waals surface area contributed by atoms with E-state index in [-0.39, 0.29) is 0 Å². The van der Waals surface area contributed by atoms with Crippen molar-refractivity contribution in [3.8, 4) is 0 Å². The summed E-state index contributed by atoms with van der Waals surface area (Å²) in [7, 11) is 0.